The summed E-state index contributed by atoms with van der Waals surface area (Å²) in [4.78, 5) is 7.98. The predicted molar refractivity (Wildman–Crippen MR) is 68.2 cm³/mol. The molecule has 0 aromatic carbocycles. The maximum absolute atomic E-state index is 13.5. The first-order valence-corrected chi connectivity index (χ1v) is 5.70. The second-order valence-corrected chi connectivity index (χ2v) is 3.33. The molecule has 2 aromatic heterocycles. The van der Waals surface area contributed by atoms with E-state index < -0.39 is 5.82 Å². The summed E-state index contributed by atoms with van der Waals surface area (Å²) in [6.07, 6.45) is 1.54. The lowest BCUT2D eigenvalue weighted by atomic mass is 10.1. The van der Waals surface area contributed by atoms with Crippen molar-refractivity contribution in [2.45, 2.75) is 20.8 Å². The van der Waals surface area contributed by atoms with Gasteiger partial charge in [-0.05, 0) is 31.2 Å². The van der Waals surface area contributed by atoms with E-state index in [0.29, 0.717) is 5.56 Å². The Morgan fingerprint density at radius 2 is 1.89 bits per heavy atom. The largest absolute Gasteiger partial charge is 0.261 e. The maximum atomic E-state index is 13.5. The summed E-state index contributed by atoms with van der Waals surface area (Å²) < 4.78 is 13.5. The molecule has 0 bridgehead atoms. The first-order chi connectivity index (χ1) is 8.70. The summed E-state index contributed by atoms with van der Waals surface area (Å²) in [6.45, 7) is 5.85. The van der Waals surface area contributed by atoms with Crippen LogP contribution in [0.1, 0.15) is 25.2 Å². The first-order valence-electron chi connectivity index (χ1n) is 5.70. The minimum absolute atomic E-state index is 0.159. The zero-order valence-electron chi connectivity index (χ0n) is 10.6. The Morgan fingerprint density at radius 1 is 1.17 bits per heavy atom. The highest BCUT2D eigenvalue weighted by atomic mass is 19.1. The Labute approximate surface area is 106 Å². The van der Waals surface area contributed by atoms with Crippen LogP contribution in [0.3, 0.4) is 0 Å². The van der Waals surface area contributed by atoms with Gasteiger partial charge in [-0.25, -0.2) is 9.37 Å². The van der Waals surface area contributed by atoms with E-state index in [1.165, 1.54) is 12.1 Å². The lowest BCUT2D eigenvalue weighted by Gasteiger charge is -2.02. The highest BCUT2D eigenvalue weighted by Crippen LogP contribution is 2.19. The minimum Gasteiger partial charge on any atom is -0.261 e. The molecule has 0 amide bonds. The van der Waals surface area contributed by atoms with E-state index in [1.807, 2.05) is 26.8 Å². The highest BCUT2D eigenvalue weighted by Gasteiger charge is 2.08. The molecule has 2 aromatic rings. The SMILES string of the molecule is CC.Cc1ccc(-c2nc(C#N)ccc2F)cn1. The van der Waals surface area contributed by atoms with Crippen molar-refractivity contribution >= 4 is 0 Å². The van der Waals surface area contributed by atoms with Gasteiger partial charge in [0.15, 0.2) is 0 Å². The third kappa shape index (κ3) is 3.11. The van der Waals surface area contributed by atoms with Crippen molar-refractivity contribution < 1.29 is 4.39 Å². The van der Waals surface area contributed by atoms with Gasteiger partial charge in [0.2, 0.25) is 0 Å². The van der Waals surface area contributed by atoms with Gasteiger partial charge < -0.3 is 0 Å². The number of aromatic nitrogens is 2. The van der Waals surface area contributed by atoms with E-state index in [2.05, 4.69) is 9.97 Å². The van der Waals surface area contributed by atoms with Crippen LogP contribution >= 0.6 is 0 Å². The number of hydrogen-bond acceptors (Lipinski definition) is 3. The third-order valence-corrected chi connectivity index (χ3v) is 2.15. The summed E-state index contributed by atoms with van der Waals surface area (Å²) in [7, 11) is 0. The van der Waals surface area contributed by atoms with Gasteiger partial charge in [0, 0.05) is 17.5 Å². The summed E-state index contributed by atoms with van der Waals surface area (Å²) in [6, 6.07) is 7.97. The summed E-state index contributed by atoms with van der Waals surface area (Å²) in [5.74, 6) is -0.454. The topological polar surface area (TPSA) is 49.6 Å². The molecule has 0 aliphatic carbocycles. The van der Waals surface area contributed by atoms with E-state index in [0.717, 1.165) is 5.69 Å². The Hall–Kier alpha value is -2.28. The molecule has 0 unspecified atom stereocenters. The van der Waals surface area contributed by atoms with Crippen LogP contribution in [0, 0.1) is 24.1 Å². The van der Waals surface area contributed by atoms with E-state index in [9.17, 15) is 4.39 Å². The molecule has 0 atom stereocenters. The molecule has 2 heterocycles. The number of rotatable bonds is 1. The molecular formula is C14H14FN3. The lowest BCUT2D eigenvalue weighted by molar-refractivity contribution is 0.625. The van der Waals surface area contributed by atoms with E-state index in [1.54, 1.807) is 18.3 Å². The smallest absolute Gasteiger partial charge is 0.149 e. The molecular weight excluding hydrogens is 229 g/mol. The fourth-order valence-corrected chi connectivity index (χ4v) is 1.31. The second-order valence-electron chi connectivity index (χ2n) is 3.33. The Morgan fingerprint density at radius 3 is 2.44 bits per heavy atom. The van der Waals surface area contributed by atoms with Crippen molar-refractivity contribution in [1.29, 1.82) is 5.26 Å². The second kappa shape index (κ2) is 6.45. The summed E-state index contributed by atoms with van der Waals surface area (Å²) >= 11 is 0. The lowest BCUT2D eigenvalue weighted by Crippen LogP contribution is -1.93. The zero-order chi connectivity index (χ0) is 13.5. The maximum Gasteiger partial charge on any atom is 0.149 e. The van der Waals surface area contributed by atoms with Crippen LogP contribution in [0.2, 0.25) is 0 Å². The van der Waals surface area contributed by atoms with Crippen molar-refractivity contribution in [2.75, 3.05) is 0 Å². The van der Waals surface area contributed by atoms with Crippen molar-refractivity contribution in [2.24, 2.45) is 0 Å². The van der Waals surface area contributed by atoms with E-state index in [4.69, 9.17) is 5.26 Å². The molecule has 0 aliphatic rings. The van der Waals surface area contributed by atoms with Gasteiger partial charge in [0.25, 0.3) is 0 Å². The van der Waals surface area contributed by atoms with Gasteiger partial charge in [-0.3, -0.25) is 4.98 Å². The highest BCUT2D eigenvalue weighted by molar-refractivity contribution is 5.59. The molecule has 18 heavy (non-hydrogen) atoms. The normalized spacial score (nSPS) is 9.06. The molecule has 0 radical (unpaired) electrons. The van der Waals surface area contributed by atoms with Crippen LogP contribution in [0.5, 0.6) is 0 Å². The van der Waals surface area contributed by atoms with Gasteiger partial charge in [-0.2, -0.15) is 5.26 Å². The monoisotopic (exact) mass is 243 g/mol. The minimum atomic E-state index is -0.454. The van der Waals surface area contributed by atoms with Crippen LogP contribution in [-0.4, -0.2) is 9.97 Å². The van der Waals surface area contributed by atoms with Gasteiger partial charge in [-0.1, -0.05) is 13.8 Å². The van der Waals surface area contributed by atoms with E-state index in [-0.39, 0.29) is 11.4 Å². The van der Waals surface area contributed by atoms with Crippen LogP contribution in [0.4, 0.5) is 4.39 Å². The quantitative estimate of drug-likeness (QED) is 0.770. The summed E-state index contributed by atoms with van der Waals surface area (Å²) in [5, 5.41) is 8.69. The fourth-order valence-electron chi connectivity index (χ4n) is 1.31. The first kappa shape index (κ1) is 13.8. The average Bonchev–Trinajstić information content (AvgIpc) is 2.43. The Balaban J connectivity index is 0.000000771. The Kier molecular flexibility index (Phi) is 4.94. The number of nitriles is 1. The van der Waals surface area contributed by atoms with Crippen LogP contribution in [0.15, 0.2) is 30.5 Å². The molecule has 3 nitrogen and oxygen atoms in total. The number of aryl methyl sites for hydroxylation is 1. The summed E-state index contributed by atoms with van der Waals surface area (Å²) in [5.41, 5.74) is 1.77. The van der Waals surface area contributed by atoms with Gasteiger partial charge in [-0.15, -0.1) is 0 Å². The van der Waals surface area contributed by atoms with Gasteiger partial charge in [0.05, 0.1) is 0 Å². The molecule has 0 saturated heterocycles. The zero-order valence-corrected chi connectivity index (χ0v) is 10.6. The van der Waals surface area contributed by atoms with Crippen molar-refractivity contribution in [3.63, 3.8) is 0 Å². The number of halogens is 1. The number of hydrogen-bond donors (Lipinski definition) is 0. The number of pyridine rings is 2. The molecule has 92 valence electrons. The van der Waals surface area contributed by atoms with Crippen molar-refractivity contribution in [3.8, 4) is 17.3 Å². The molecule has 4 heteroatoms. The van der Waals surface area contributed by atoms with E-state index >= 15 is 0 Å². The van der Waals surface area contributed by atoms with Crippen LogP contribution in [0.25, 0.3) is 11.3 Å². The van der Waals surface area contributed by atoms with Crippen molar-refractivity contribution in [1.82, 2.24) is 9.97 Å². The van der Waals surface area contributed by atoms with Crippen LogP contribution < -0.4 is 0 Å². The molecule has 2 rings (SSSR count). The fraction of sp³-hybridized carbons (Fsp3) is 0.214. The molecule has 0 fully saturated rings. The third-order valence-electron chi connectivity index (χ3n) is 2.15. The molecule has 0 N–H and O–H groups in total. The van der Waals surface area contributed by atoms with Crippen LogP contribution in [-0.2, 0) is 0 Å². The number of nitrogens with zero attached hydrogens (tertiary/aromatic N) is 3. The van der Waals surface area contributed by atoms with Gasteiger partial charge >= 0.3 is 0 Å². The molecule has 0 spiro atoms. The average molecular weight is 243 g/mol. The molecule has 0 aliphatic heterocycles. The Bertz CT molecular complexity index is 556. The molecule has 0 saturated carbocycles. The standard InChI is InChI=1S/C12H8FN3.C2H6/c1-8-2-3-9(7-15-8)12-11(13)5-4-10(6-14)16-12;1-2/h2-5,7H,1H3;1-2H3. The van der Waals surface area contributed by atoms with Crippen molar-refractivity contribution in [3.05, 3.63) is 47.7 Å². The van der Waals surface area contributed by atoms with Gasteiger partial charge in [0.1, 0.15) is 23.3 Å². The predicted octanol–water partition coefficient (Wildman–Crippen LogP) is 3.49.